The maximum atomic E-state index is 12.7. The van der Waals surface area contributed by atoms with Crippen LogP contribution < -0.4 is 9.47 Å². The highest BCUT2D eigenvalue weighted by atomic mass is 16.5. The third-order valence-corrected chi connectivity index (χ3v) is 9.94. The van der Waals surface area contributed by atoms with Crippen molar-refractivity contribution in [1.29, 1.82) is 0 Å². The molecule has 1 aliphatic heterocycles. The van der Waals surface area contributed by atoms with Crippen LogP contribution in [0.1, 0.15) is 80.6 Å². The molecule has 0 amide bonds. The number of nitrogens with zero attached hydrogens (tertiary/aromatic N) is 1. The molecule has 1 atom stereocenters. The van der Waals surface area contributed by atoms with Gasteiger partial charge in [0.1, 0.15) is 17.7 Å². The van der Waals surface area contributed by atoms with Crippen molar-refractivity contribution in [1.82, 2.24) is 4.90 Å². The topological polar surface area (TPSA) is 38.8 Å². The van der Waals surface area contributed by atoms with E-state index in [1.807, 2.05) is 30.3 Å². The molecule has 0 aromatic heterocycles. The lowest BCUT2D eigenvalue weighted by molar-refractivity contribution is -0.0110. The fourth-order valence-corrected chi connectivity index (χ4v) is 8.55. The van der Waals surface area contributed by atoms with Gasteiger partial charge in [0.15, 0.2) is 0 Å². The van der Waals surface area contributed by atoms with Crippen molar-refractivity contribution < 1.29 is 14.3 Å². The molecule has 1 heterocycles. The molecule has 4 bridgehead atoms. The van der Waals surface area contributed by atoms with Gasteiger partial charge in [0, 0.05) is 18.7 Å². The second-order valence-corrected chi connectivity index (χ2v) is 12.6. The summed E-state index contributed by atoms with van der Waals surface area (Å²) in [6, 6.07) is 19.9. The van der Waals surface area contributed by atoms with E-state index in [0.29, 0.717) is 11.3 Å². The van der Waals surface area contributed by atoms with E-state index in [9.17, 15) is 4.79 Å². The number of esters is 1. The molecule has 0 spiro atoms. The summed E-state index contributed by atoms with van der Waals surface area (Å²) in [6.07, 6.45) is 12.1. The summed E-state index contributed by atoms with van der Waals surface area (Å²) in [7, 11) is 0. The van der Waals surface area contributed by atoms with Gasteiger partial charge in [-0.2, -0.15) is 0 Å². The monoisotopic (exact) mass is 509 g/mol. The third-order valence-electron chi connectivity index (χ3n) is 9.94. The Labute approximate surface area is 226 Å². The van der Waals surface area contributed by atoms with E-state index in [1.165, 1.54) is 63.4 Å². The first kappa shape index (κ1) is 24.2. The van der Waals surface area contributed by atoms with Gasteiger partial charge in [0.2, 0.25) is 0 Å². The zero-order valence-corrected chi connectivity index (χ0v) is 22.5. The number of piperidine rings is 1. The highest BCUT2D eigenvalue weighted by Crippen LogP contribution is 2.62. The normalized spacial score (nSPS) is 29.3. The van der Waals surface area contributed by atoms with Gasteiger partial charge in [-0.05, 0) is 129 Å². The predicted octanol–water partition coefficient (Wildman–Crippen LogP) is 7.74. The van der Waals surface area contributed by atoms with Gasteiger partial charge < -0.3 is 9.47 Å². The van der Waals surface area contributed by atoms with E-state index < -0.39 is 0 Å². The molecule has 198 valence electrons. The lowest BCUT2D eigenvalue weighted by Gasteiger charge is -2.57. The van der Waals surface area contributed by atoms with Crippen LogP contribution in [0.5, 0.6) is 11.5 Å². The first-order chi connectivity index (χ1) is 18.5. The molecular formula is C34H39NO3. The van der Waals surface area contributed by atoms with Crippen LogP contribution in [0.15, 0.2) is 60.7 Å². The largest absolute Gasteiger partial charge is 0.475 e. The van der Waals surface area contributed by atoms with Gasteiger partial charge in [-0.3, -0.25) is 4.90 Å². The molecule has 4 heteroatoms. The number of hydrogen-bond acceptors (Lipinski definition) is 4. The molecule has 4 nitrogen and oxygen atoms in total. The number of likely N-dealkylation sites (tertiary alicyclic amines) is 1. The van der Waals surface area contributed by atoms with Crippen LogP contribution in [0.3, 0.4) is 0 Å². The van der Waals surface area contributed by atoms with Crippen molar-refractivity contribution in [2.24, 2.45) is 17.8 Å². The molecule has 3 aromatic rings. The van der Waals surface area contributed by atoms with Crippen LogP contribution in [-0.2, 0) is 5.41 Å². The molecule has 0 N–H and O–H groups in total. The second-order valence-electron chi connectivity index (χ2n) is 12.6. The smallest absolute Gasteiger partial charge is 0.343 e. The van der Waals surface area contributed by atoms with Crippen molar-refractivity contribution in [3.05, 3.63) is 71.8 Å². The van der Waals surface area contributed by atoms with E-state index in [4.69, 9.17) is 9.47 Å². The summed E-state index contributed by atoms with van der Waals surface area (Å²) >= 11 is 0. The Morgan fingerprint density at radius 2 is 1.53 bits per heavy atom. The van der Waals surface area contributed by atoms with Gasteiger partial charge in [-0.15, -0.1) is 0 Å². The predicted molar refractivity (Wildman–Crippen MR) is 151 cm³/mol. The zero-order chi connectivity index (χ0) is 25.7. The van der Waals surface area contributed by atoms with E-state index >= 15 is 0 Å². The van der Waals surface area contributed by atoms with E-state index in [1.54, 1.807) is 12.1 Å². The van der Waals surface area contributed by atoms with Crippen LogP contribution in [-0.4, -0.2) is 30.2 Å². The van der Waals surface area contributed by atoms with Gasteiger partial charge in [-0.25, -0.2) is 4.79 Å². The fourth-order valence-electron chi connectivity index (χ4n) is 8.55. The Morgan fingerprint density at radius 1 is 0.842 bits per heavy atom. The van der Waals surface area contributed by atoms with Crippen molar-refractivity contribution in [3.8, 4) is 11.5 Å². The molecule has 38 heavy (non-hydrogen) atoms. The van der Waals surface area contributed by atoms with Gasteiger partial charge >= 0.3 is 5.97 Å². The summed E-state index contributed by atoms with van der Waals surface area (Å²) < 4.78 is 12.7. The minimum Gasteiger partial charge on any atom is -0.475 e. The number of fused-ring (bicyclic) bond motifs is 1. The van der Waals surface area contributed by atoms with Gasteiger partial charge in [0.25, 0.3) is 0 Å². The number of rotatable bonds is 6. The lowest BCUT2D eigenvalue weighted by atomic mass is 9.48. The number of carbonyl (C=O) groups is 1. The third kappa shape index (κ3) is 4.51. The Balaban J connectivity index is 1.25. The molecular weight excluding hydrogens is 470 g/mol. The van der Waals surface area contributed by atoms with Crippen LogP contribution >= 0.6 is 0 Å². The minimum absolute atomic E-state index is 0.0755. The second kappa shape index (κ2) is 9.72. The molecule has 0 radical (unpaired) electrons. The molecule has 5 aliphatic rings. The summed E-state index contributed by atoms with van der Waals surface area (Å²) in [5.41, 5.74) is 2.19. The van der Waals surface area contributed by atoms with Crippen LogP contribution in [0.4, 0.5) is 0 Å². The van der Waals surface area contributed by atoms with Crippen LogP contribution in [0.25, 0.3) is 10.8 Å². The highest BCUT2D eigenvalue weighted by Gasteiger charge is 2.52. The Bertz CT molecular complexity index is 1290. The first-order valence-corrected chi connectivity index (χ1v) is 14.8. The summed E-state index contributed by atoms with van der Waals surface area (Å²) in [4.78, 5) is 15.2. The molecule has 1 unspecified atom stereocenters. The summed E-state index contributed by atoms with van der Waals surface area (Å²) in [6.45, 7) is 4.47. The fraction of sp³-hybridized carbons (Fsp3) is 0.500. The summed E-state index contributed by atoms with van der Waals surface area (Å²) in [5, 5.41) is 2.27. The molecule has 8 rings (SSSR count). The van der Waals surface area contributed by atoms with E-state index in [-0.39, 0.29) is 17.6 Å². The summed E-state index contributed by atoms with van der Waals surface area (Å²) in [5.74, 6) is 3.94. The van der Waals surface area contributed by atoms with Crippen molar-refractivity contribution in [2.75, 3.05) is 13.1 Å². The van der Waals surface area contributed by atoms with E-state index in [0.717, 1.165) is 47.4 Å². The molecule has 4 saturated carbocycles. The standard InChI is InChI=1S/C34H39NO3/c1-23(35-12-6-3-7-13-35)37-32-19-28-10-11-30(38-33(36)27-8-4-2-5-9-27)17-29(28)18-31(32)34-20-24-14-25(21-34)16-26(15-24)22-34/h2,4-5,8-11,17-19,23-26H,3,6-7,12-16,20-22H2,1H3. The maximum Gasteiger partial charge on any atom is 0.343 e. The molecule has 5 fully saturated rings. The Kier molecular flexibility index (Phi) is 6.19. The maximum absolute atomic E-state index is 12.7. The number of carbonyl (C=O) groups excluding carboxylic acids is 1. The number of ether oxygens (including phenoxy) is 2. The number of hydrogen-bond donors (Lipinski definition) is 0. The highest BCUT2D eigenvalue weighted by molar-refractivity contribution is 5.92. The SMILES string of the molecule is CC(Oc1cc2ccc(OC(=O)c3ccccc3)cc2cc1C12CC3CC(CC(C3)C1)C2)N1CCCCC1. The molecule has 1 saturated heterocycles. The quantitative estimate of drug-likeness (QED) is 0.252. The average molecular weight is 510 g/mol. The van der Waals surface area contributed by atoms with Crippen molar-refractivity contribution in [2.45, 2.75) is 76.4 Å². The first-order valence-electron chi connectivity index (χ1n) is 14.8. The van der Waals surface area contributed by atoms with Gasteiger partial charge in [0.05, 0.1) is 5.56 Å². The van der Waals surface area contributed by atoms with Crippen molar-refractivity contribution >= 4 is 16.7 Å². The van der Waals surface area contributed by atoms with Crippen LogP contribution in [0.2, 0.25) is 0 Å². The Morgan fingerprint density at radius 3 is 2.21 bits per heavy atom. The Hall–Kier alpha value is -2.85. The van der Waals surface area contributed by atoms with Crippen molar-refractivity contribution in [3.63, 3.8) is 0 Å². The zero-order valence-electron chi connectivity index (χ0n) is 22.5. The van der Waals surface area contributed by atoms with Crippen LogP contribution in [0, 0.1) is 17.8 Å². The lowest BCUT2D eigenvalue weighted by Crippen LogP contribution is -2.49. The average Bonchev–Trinajstić information content (AvgIpc) is 2.93. The van der Waals surface area contributed by atoms with Gasteiger partial charge in [-0.1, -0.05) is 30.7 Å². The number of benzene rings is 3. The minimum atomic E-state index is -0.318. The van der Waals surface area contributed by atoms with E-state index in [2.05, 4.69) is 30.0 Å². The molecule has 3 aromatic carbocycles. The molecule has 4 aliphatic carbocycles.